The molecule has 2 aromatic heterocycles. The minimum Gasteiger partial charge on any atom is -0.464 e. The molecule has 0 bridgehead atoms. The van der Waals surface area contributed by atoms with E-state index in [0.29, 0.717) is 33.7 Å². The van der Waals surface area contributed by atoms with Crippen molar-refractivity contribution in [3.05, 3.63) is 87.5 Å². The van der Waals surface area contributed by atoms with E-state index in [2.05, 4.69) is 36.0 Å². The summed E-state index contributed by atoms with van der Waals surface area (Å²) in [5, 5.41) is 4.88. The van der Waals surface area contributed by atoms with E-state index in [9.17, 15) is 14.4 Å². The van der Waals surface area contributed by atoms with Crippen molar-refractivity contribution in [1.29, 1.82) is 0 Å². The Balaban J connectivity index is 1.68. The molecule has 0 fully saturated rings. The number of hydrogen-bond acceptors (Lipinski definition) is 5. The van der Waals surface area contributed by atoms with Gasteiger partial charge in [0.25, 0.3) is 5.91 Å². The van der Waals surface area contributed by atoms with Crippen LogP contribution in [0.3, 0.4) is 0 Å². The number of para-hydroxylation sites is 1. The second-order valence-corrected chi connectivity index (χ2v) is 9.71. The summed E-state index contributed by atoms with van der Waals surface area (Å²) in [6, 6.07) is 13.1. The zero-order chi connectivity index (χ0) is 24.4. The van der Waals surface area contributed by atoms with E-state index in [1.807, 2.05) is 18.2 Å². The van der Waals surface area contributed by atoms with Gasteiger partial charge < -0.3 is 14.3 Å². The maximum Gasteiger partial charge on any atom is 0.259 e. The molecular weight excluding hydrogens is 442 g/mol. The lowest BCUT2D eigenvalue weighted by Crippen LogP contribution is -2.33. The van der Waals surface area contributed by atoms with Gasteiger partial charge in [0.1, 0.15) is 5.58 Å². The average Bonchev–Trinajstić information content (AvgIpc) is 3.30. The maximum absolute atomic E-state index is 13.8. The predicted molar refractivity (Wildman–Crippen MR) is 134 cm³/mol. The van der Waals surface area contributed by atoms with Crippen LogP contribution in [0.1, 0.15) is 37.8 Å². The van der Waals surface area contributed by atoms with Crippen molar-refractivity contribution in [2.24, 2.45) is 5.92 Å². The second-order valence-electron chi connectivity index (χ2n) is 9.71. The molecule has 0 radical (unpaired) electrons. The van der Waals surface area contributed by atoms with Gasteiger partial charge in [0.15, 0.2) is 5.43 Å². The molecule has 4 aromatic rings. The summed E-state index contributed by atoms with van der Waals surface area (Å²) < 4.78 is 8.07. The Hall–Kier alpha value is -4.13. The molecule has 176 valence electrons. The molecule has 1 N–H and O–H groups in total. The molecule has 1 atom stereocenters. The van der Waals surface area contributed by atoms with Crippen molar-refractivity contribution >= 4 is 39.4 Å². The summed E-state index contributed by atoms with van der Waals surface area (Å²) in [4.78, 5) is 40.9. The SMILES string of the molecule is CC(=O)N1CC2=C(C1=O)C(c1coc3ccccc3c1=O)c1cn(CC(C)C)c3cccc(c13)N2. The highest BCUT2D eigenvalue weighted by molar-refractivity contribution is 6.11. The van der Waals surface area contributed by atoms with Gasteiger partial charge in [-0.05, 0) is 35.7 Å². The predicted octanol–water partition coefficient (Wildman–Crippen LogP) is 4.60. The second kappa shape index (κ2) is 7.70. The van der Waals surface area contributed by atoms with Crippen LogP contribution >= 0.6 is 0 Å². The van der Waals surface area contributed by atoms with Crippen LogP contribution in [0.4, 0.5) is 5.69 Å². The minimum atomic E-state index is -0.672. The lowest BCUT2D eigenvalue weighted by molar-refractivity contribution is -0.139. The fourth-order valence-corrected chi connectivity index (χ4v) is 5.43. The summed E-state index contributed by atoms with van der Waals surface area (Å²) in [5.41, 5.74) is 4.51. The van der Waals surface area contributed by atoms with E-state index in [4.69, 9.17) is 4.42 Å². The molecule has 4 heterocycles. The van der Waals surface area contributed by atoms with Gasteiger partial charge in [-0.3, -0.25) is 19.3 Å². The fourth-order valence-electron chi connectivity index (χ4n) is 5.43. The van der Waals surface area contributed by atoms with Crippen LogP contribution in [-0.2, 0) is 16.1 Å². The highest BCUT2D eigenvalue weighted by atomic mass is 16.3. The number of anilines is 1. The van der Waals surface area contributed by atoms with Crippen molar-refractivity contribution in [2.45, 2.75) is 33.2 Å². The molecule has 35 heavy (non-hydrogen) atoms. The number of fused-ring (bicyclic) bond motifs is 1. The number of imide groups is 1. The summed E-state index contributed by atoms with van der Waals surface area (Å²) in [6.07, 6.45) is 3.53. The Morgan fingerprint density at radius 2 is 1.91 bits per heavy atom. The third-order valence-corrected chi connectivity index (χ3v) is 6.90. The highest BCUT2D eigenvalue weighted by Crippen LogP contribution is 2.46. The Bertz CT molecular complexity index is 1640. The van der Waals surface area contributed by atoms with Crippen LogP contribution in [0, 0.1) is 5.92 Å². The number of nitrogens with zero attached hydrogens (tertiary/aromatic N) is 2. The number of rotatable bonds is 3. The van der Waals surface area contributed by atoms with E-state index >= 15 is 0 Å². The molecule has 2 amide bonds. The van der Waals surface area contributed by atoms with Crippen LogP contribution in [-0.4, -0.2) is 27.8 Å². The van der Waals surface area contributed by atoms with Crippen molar-refractivity contribution in [3.8, 4) is 0 Å². The largest absolute Gasteiger partial charge is 0.464 e. The van der Waals surface area contributed by atoms with Gasteiger partial charge in [0.2, 0.25) is 5.91 Å². The number of carbonyl (C=O) groups is 2. The summed E-state index contributed by atoms with van der Waals surface area (Å²) in [7, 11) is 0. The number of amides is 2. The molecule has 7 heteroatoms. The van der Waals surface area contributed by atoms with Crippen molar-refractivity contribution in [3.63, 3.8) is 0 Å². The van der Waals surface area contributed by atoms with E-state index in [0.717, 1.165) is 28.7 Å². The summed E-state index contributed by atoms with van der Waals surface area (Å²) >= 11 is 0. The van der Waals surface area contributed by atoms with E-state index in [1.165, 1.54) is 18.1 Å². The molecule has 6 rings (SSSR count). The van der Waals surface area contributed by atoms with Gasteiger partial charge >= 0.3 is 0 Å². The topological polar surface area (TPSA) is 84.6 Å². The number of nitrogens with one attached hydrogen (secondary N) is 1. The molecule has 2 aliphatic rings. The third-order valence-electron chi connectivity index (χ3n) is 6.90. The third kappa shape index (κ3) is 3.15. The summed E-state index contributed by atoms with van der Waals surface area (Å²) in [6.45, 7) is 6.63. The zero-order valence-electron chi connectivity index (χ0n) is 19.8. The molecule has 1 unspecified atom stereocenters. The first-order valence-electron chi connectivity index (χ1n) is 11.8. The van der Waals surface area contributed by atoms with Gasteiger partial charge in [-0.1, -0.05) is 32.0 Å². The Morgan fingerprint density at radius 1 is 1.11 bits per heavy atom. The van der Waals surface area contributed by atoms with Crippen molar-refractivity contribution < 1.29 is 14.0 Å². The van der Waals surface area contributed by atoms with Gasteiger partial charge in [-0.25, -0.2) is 0 Å². The molecule has 2 aliphatic heterocycles. The van der Waals surface area contributed by atoms with Crippen molar-refractivity contribution in [2.75, 3.05) is 11.9 Å². The Kier molecular flexibility index (Phi) is 4.71. The fraction of sp³-hybridized carbons (Fsp3) is 0.250. The molecule has 0 spiro atoms. The van der Waals surface area contributed by atoms with Crippen LogP contribution in [0.15, 0.2) is 75.4 Å². The number of carbonyl (C=O) groups excluding carboxylic acids is 2. The van der Waals surface area contributed by atoms with Gasteiger partial charge in [-0.15, -0.1) is 0 Å². The highest BCUT2D eigenvalue weighted by Gasteiger charge is 2.42. The van der Waals surface area contributed by atoms with Crippen LogP contribution in [0.5, 0.6) is 0 Å². The first kappa shape index (κ1) is 21.4. The van der Waals surface area contributed by atoms with Gasteiger partial charge in [0, 0.05) is 42.0 Å². The van der Waals surface area contributed by atoms with E-state index in [1.54, 1.807) is 18.2 Å². The number of hydrogen-bond donors (Lipinski definition) is 1. The zero-order valence-corrected chi connectivity index (χ0v) is 19.8. The van der Waals surface area contributed by atoms with Gasteiger partial charge in [0.05, 0.1) is 35.2 Å². The molecule has 0 aliphatic carbocycles. The molecule has 0 saturated carbocycles. The van der Waals surface area contributed by atoms with E-state index < -0.39 is 5.92 Å². The number of benzene rings is 2. The Labute approximate surface area is 201 Å². The first-order chi connectivity index (χ1) is 16.8. The lowest BCUT2D eigenvalue weighted by atomic mass is 9.84. The van der Waals surface area contributed by atoms with E-state index in [-0.39, 0.29) is 23.8 Å². The Morgan fingerprint density at radius 3 is 2.69 bits per heavy atom. The smallest absolute Gasteiger partial charge is 0.259 e. The van der Waals surface area contributed by atoms with Crippen molar-refractivity contribution in [1.82, 2.24) is 9.47 Å². The monoisotopic (exact) mass is 467 g/mol. The lowest BCUT2D eigenvalue weighted by Gasteiger charge is -2.19. The van der Waals surface area contributed by atoms with Gasteiger partial charge in [-0.2, -0.15) is 0 Å². The molecule has 2 aromatic carbocycles. The average molecular weight is 468 g/mol. The summed E-state index contributed by atoms with van der Waals surface area (Å²) in [5.74, 6) is -0.979. The molecule has 0 saturated heterocycles. The first-order valence-corrected chi connectivity index (χ1v) is 11.8. The van der Waals surface area contributed by atoms with Crippen LogP contribution in [0.25, 0.3) is 21.9 Å². The minimum absolute atomic E-state index is 0.144. The standard InChI is InChI=1S/C28H25N3O4/c1-15(2)11-30-12-18-24(19-14-35-23-10-5-4-7-17(23)27(19)33)26-21(13-31(16(3)32)28(26)34)29-20-8-6-9-22(30)25(18)20/h4-10,12,14-15,24,29H,11,13H2,1-3H3. The quantitative estimate of drug-likeness (QED) is 0.476. The number of aromatic nitrogens is 1. The van der Waals surface area contributed by atoms with Crippen LogP contribution < -0.4 is 10.7 Å². The van der Waals surface area contributed by atoms with Crippen LogP contribution in [0.2, 0.25) is 0 Å². The maximum atomic E-state index is 13.8. The normalized spacial score (nSPS) is 17.3. The molecule has 7 nitrogen and oxygen atoms in total. The molecular formula is C28H25N3O4.